The van der Waals surface area contributed by atoms with Gasteiger partial charge >= 0.3 is 0 Å². The summed E-state index contributed by atoms with van der Waals surface area (Å²) in [7, 11) is 0. The molecular formula is C31H30F2N6O4. The molecule has 3 aromatic rings. The number of nitrogens with zero attached hydrogens (tertiary/aromatic N) is 3. The van der Waals surface area contributed by atoms with Crippen molar-refractivity contribution in [2.45, 2.75) is 43.2 Å². The molecule has 3 N–H and O–H groups in total. The Balaban J connectivity index is 1.11. The van der Waals surface area contributed by atoms with Crippen molar-refractivity contribution in [2.75, 3.05) is 36.9 Å². The summed E-state index contributed by atoms with van der Waals surface area (Å²) in [5, 5.41) is 8.94. The number of amides is 3. The van der Waals surface area contributed by atoms with Gasteiger partial charge in [-0.1, -0.05) is 6.07 Å². The number of nitrogens with one attached hydrogen (secondary N) is 3. The molecule has 10 nitrogen and oxygen atoms in total. The fourth-order valence-electron chi connectivity index (χ4n) is 7.00. The lowest BCUT2D eigenvalue weighted by Gasteiger charge is -2.43. The van der Waals surface area contributed by atoms with Crippen molar-refractivity contribution in [1.29, 1.82) is 0 Å². The first-order chi connectivity index (χ1) is 20.8. The van der Waals surface area contributed by atoms with E-state index in [1.807, 2.05) is 12.1 Å². The summed E-state index contributed by atoms with van der Waals surface area (Å²) in [5.74, 6) is -1.53. The second kappa shape index (κ2) is 10.8. The molecule has 4 aliphatic rings. The molecule has 3 amide bonds. The van der Waals surface area contributed by atoms with E-state index in [9.17, 15) is 23.2 Å². The van der Waals surface area contributed by atoms with E-state index in [-0.39, 0.29) is 36.4 Å². The molecule has 1 aromatic carbocycles. The number of benzene rings is 1. The fourth-order valence-corrected chi connectivity index (χ4v) is 7.00. The molecule has 1 spiro atoms. The Kier molecular flexibility index (Phi) is 6.89. The van der Waals surface area contributed by atoms with Gasteiger partial charge in [0.2, 0.25) is 17.7 Å². The number of hydrogen-bond donors (Lipinski definition) is 3. The minimum Gasteiger partial charge on any atom is -0.381 e. The zero-order valence-corrected chi connectivity index (χ0v) is 23.2. The van der Waals surface area contributed by atoms with Crippen LogP contribution in [0, 0.1) is 17.6 Å². The molecule has 0 bridgehead atoms. The van der Waals surface area contributed by atoms with Crippen LogP contribution < -0.4 is 16.0 Å². The van der Waals surface area contributed by atoms with Gasteiger partial charge in [0.15, 0.2) is 0 Å². The van der Waals surface area contributed by atoms with Gasteiger partial charge in [-0.25, -0.2) is 18.7 Å². The summed E-state index contributed by atoms with van der Waals surface area (Å²) in [5.41, 5.74) is 2.15. The minimum atomic E-state index is -0.768. The van der Waals surface area contributed by atoms with Gasteiger partial charge in [-0.15, -0.1) is 0 Å². The average molecular weight is 589 g/mol. The van der Waals surface area contributed by atoms with Gasteiger partial charge in [-0.05, 0) is 72.6 Å². The highest BCUT2D eigenvalue weighted by Gasteiger charge is 2.51. The van der Waals surface area contributed by atoms with Crippen molar-refractivity contribution in [3.63, 3.8) is 0 Å². The van der Waals surface area contributed by atoms with Crippen LogP contribution in [0.4, 0.5) is 20.4 Å². The Hall–Kier alpha value is -4.29. The molecule has 3 atom stereocenters. The largest absolute Gasteiger partial charge is 0.381 e. The molecule has 0 saturated carbocycles. The number of piperazine rings is 1. The van der Waals surface area contributed by atoms with Crippen LogP contribution in [0.3, 0.4) is 0 Å². The van der Waals surface area contributed by atoms with Gasteiger partial charge < -0.3 is 25.6 Å². The topological polar surface area (TPSA) is 126 Å². The van der Waals surface area contributed by atoms with Gasteiger partial charge in [0.05, 0.1) is 17.5 Å². The predicted molar refractivity (Wildman–Crippen MR) is 151 cm³/mol. The third-order valence-electron chi connectivity index (χ3n) is 9.10. The Morgan fingerprint density at radius 2 is 1.84 bits per heavy atom. The summed E-state index contributed by atoms with van der Waals surface area (Å²) in [4.78, 5) is 50.3. The fraction of sp³-hybridized carbons (Fsp3) is 0.387. The van der Waals surface area contributed by atoms with E-state index in [1.165, 1.54) is 17.0 Å². The summed E-state index contributed by atoms with van der Waals surface area (Å²) >= 11 is 0. The molecule has 2 fully saturated rings. The highest BCUT2D eigenvalue weighted by Crippen LogP contribution is 2.46. The van der Waals surface area contributed by atoms with E-state index in [4.69, 9.17) is 4.74 Å². The third-order valence-corrected chi connectivity index (χ3v) is 9.10. The lowest BCUT2D eigenvalue weighted by molar-refractivity contribution is -0.144. The molecule has 2 aromatic heterocycles. The van der Waals surface area contributed by atoms with E-state index in [0.717, 1.165) is 22.8 Å². The standard InChI is InChI=1S/C31H30F2N6O4/c32-21-8-18(9-22(33)11-21)24-15-36-27(17-3-6-43-7-4-17)29(41)39(24)16-26(40)37-25-10-19-12-31(13-20(19)14-35-25)23-2-1-5-34-28(23)38-30(31)42/h1-2,5,8-11,14,17,24,27,36H,3-4,6-7,12-13,15-16H2,(H,34,38,42)(H,35,37,40). The number of aromatic nitrogens is 2. The number of hydrogen-bond acceptors (Lipinski definition) is 7. The Morgan fingerprint density at radius 3 is 2.63 bits per heavy atom. The number of pyridine rings is 2. The van der Waals surface area contributed by atoms with Crippen molar-refractivity contribution < 1.29 is 27.9 Å². The second-order valence-corrected chi connectivity index (χ2v) is 11.7. The number of carbonyl (C=O) groups excluding carboxylic acids is 3. The Bertz CT molecular complexity index is 1610. The molecular weight excluding hydrogens is 558 g/mol. The van der Waals surface area contributed by atoms with Crippen LogP contribution in [-0.4, -0.2) is 64.9 Å². The minimum absolute atomic E-state index is 0.0239. The highest BCUT2D eigenvalue weighted by molar-refractivity contribution is 6.06. The van der Waals surface area contributed by atoms with Gasteiger partial charge in [0.25, 0.3) is 0 Å². The molecule has 1 aliphatic carbocycles. The molecule has 222 valence electrons. The SMILES string of the molecule is O=C(CN1C(=O)C(C2CCOCC2)NCC1c1cc(F)cc(F)c1)Nc1cc2c(cn1)CC1(C2)C(=O)Nc2ncccc21. The van der Waals surface area contributed by atoms with Gasteiger partial charge in [-0.3, -0.25) is 14.4 Å². The monoisotopic (exact) mass is 588 g/mol. The maximum Gasteiger partial charge on any atom is 0.245 e. The first kappa shape index (κ1) is 27.5. The Labute approximate surface area is 246 Å². The Morgan fingerprint density at radius 1 is 1.07 bits per heavy atom. The van der Waals surface area contributed by atoms with E-state index in [2.05, 4.69) is 25.9 Å². The molecule has 7 rings (SSSR count). The smallest absolute Gasteiger partial charge is 0.245 e. The molecule has 3 aliphatic heterocycles. The second-order valence-electron chi connectivity index (χ2n) is 11.7. The van der Waals surface area contributed by atoms with Crippen LogP contribution in [-0.2, 0) is 37.4 Å². The zero-order valence-electron chi connectivity index (χ0n) is 23.2. The van der Waals surface area contributed by atoms with Crippen LogP contribution in [0.5, 0.6) is 0 Å². The van der Waals surface area contributed by atoms with E-state index in [0.29, 0.717) is 50.5 Å². The average Bonchev–Trinajstić information content (AvgIpc) is 3.50. The molecule has 3 unspecified atom stereocenters. The lowest BCUT2D eigenvalue weighted by atomic mass is 9.79. The number of carbonyl (C=O) groups is 3. The number of anilines is 2. The summed E-state index contributed by atoms with van der Waals surface area (Å²) in [6.45, 7) is 1.00. The van der Waals surface area contributed by atoms with Crippen LogP contribution in [0.25, 0.3) is 0 Å². The first-order valence-electron chi connectivity index (χ1n) is 14.4. The van der Waals surface area contributed by atoms with E-state index in [1.54, 1.807) is 18.5 Å². The maximum absolute atomic E-state index is 14.2. The van der Waals surface area contributed by atoms with Crippen molar-refractivity contribution in [3.8, 4) is 0 Å². The molecule has 0 radical (unpaired) electrons. The van der Waals surface area contributed by atoms with Gasteiger partial charge in [0, 0.05) is 43.8 Å². The van der Waals surface area contributed by atoms with E-state index >= 15 is 0 Å². The van der Waals surface area contributed by atoms with Crippen LogP contribution >= 0.6 is 0 Å². The number of halogens is 2. The predicted octanol–water partition coefficient (Wildman–Crippen LogP) is 2.65. The zero-order chi connectivity index (χ0) is 29.7. The van der Waals surface area contributed by atoms with Crippen LogP contribution in [0.1, 0.15) is 41.1 Å². The quantitative estimate of drug-likeness (QED) is 0.419. The molecule has 43 heavy (non-hydrogen) atoms. The van der Waals surface area contributed by atoms with Crippen molar-refractivity contribution >= 4 is 29.4 Å². The third kappa shape index (κ3) is 4.94. The van der Waals surface area contributed by atoms with Crippen molar-refractivity contribution in [2.24, 2.45) is 5.92 Å². The maximum atomic E-state index is 14.2. The number of ether oxygens (including phenoxy) is 1. The first-order valence-corrected chi connectivity index (χ1v) is 14.4. The summed E-state index contributed by atoms with van der Waals surface area (Å²) in [6.07, 6.45) is 5.61. The number of fused-ring (bicyclic) bond motifs is 3. The number of rotatable bonds is 5. The molecule has 12 heteroatoms. The van der Waals surface area contributed by atoms with Crippen LogP contribution in [0.2, 0.25) is 0 Å². The van der Waals surface area contributed by atoms with E-state index < -0.39 is 35.0 Å². The normalized spacial score (nSPS) is 25.0. The highest BCUT2D eigenvalue weighted by atomic mass is 19.1. The molecule has 2 saturated heterocycles. The summed E-state index contributed by atoms with van der Waals surface area (Å²) in [6, 6.07) is 7.34. The van der Waals surface area contributed by atoms with Gasteiger partial charge in [0.1, 0.15) is 29.8 Å². The van der Waals surface area contributed by atoms with Crippen molar-refractivity contribution in [1.82, 2.24) is 20.2 Å². The van der Waals surface area contributed by atoms with Crippen molar-refractivity contribution in [3.05, 3.63) is 82.7 Å². The van der Waals surface area contributed by atoms with Crippen LogP contribution in [0.15, 0.2) is 48.8 Å². The van der Waals surface area contributed by atoms with Gasteiger partial charge in [-0.2, -0.15) is 0 Å². The lowest BCUT2D eigenvalue weighted by Crippen LogP contribution is -2.60. The molecule has 5 heterocycles. The summed E-state index contributed by atoms with van der Waals surface area (Å²) < 4.78 is 33.8.